The molecule has 1 saturated carbocycles. The second-order valence-electron chi connectivity index (χ2n) is 12.5. The van der Waals surface area contributed by atoms with Gasteiger partial charge in [-0.3, -0.25) is 9.59 Å². The SMILES string of the molecule is CCC(C)(C)C(=O)O[C@H]1C[C@@H](/C=C/Cc2ccccc2)C[C@@H]2C=C[C@H](C)[C@H](CC[C@@H]3C[C@@H](O)CC(=O)O3)[C@@H]12. The van der Waals surface area contributed by atoms with E-state index in [2.05, 4.69) is 55.5 Å². The van der Waals surface area contributed by atoms with Gasteiger partial charge in [0.2, 0.25) is 0 Å². The van der Waals surface area contributed by atoms with Crippen molar-refractivity contribution in [3.05, 3.63) is 60.2 Å². The zero-order chi connectivity index (χ0) is 27.3. The summed E-state index contributed by atoms with van der Waals surface area (Å²) in [6.45, 7) is 8.22. The molecule has 8 atom stereocenters. The van der Waals surface area contributed by atoms with E-state index in [0.717, 1.165) is 38.5 Å². The molecule has 1 aliphatic heterocycles. The summed E-state index contributed by atoms with van der Waals surface area (Å²) in [5, 5.41) is 10.1. The molecule has 208 valence electrons. The average Bonchev–Trinajstić information content (AvgIpc) is 2.88. The molecule has 4 rings (SSSR count). The number of hydrogen-bond acceptors (Lipinski definition) is 5. The highest BCUT2D eigenvalue weighted by Gasteiger charge is 2.46. The average molecular weight is 523 g/mol. The van der Waals surface area contributed by atoms with Crippen LogP contribution in [0.1, 0.15) is 78.2 Å². The van der Waals surface area contributed by atoms with Crippen LogP contribution in [-0.2, 0) is 25.5 Å². The second-order valence-corrected chi connectivity index (χ2v) is 12.5. The predicted molar refractivity (Wildman–Crippen MR) is 149 cm³/mol. The van der Waals surface area contributed by atoms with Crippen LogP contribution in [0.2, 0.25) is 0 Å². The number of carbonyl (C=O) groups excluding carboxylic acids is 2. The molecule has 0 bridgehead atoms. The summed E-state index contributed by atoms with van der Waals surface area (Å²) in [4.78, 5) is 25.1. The van der Waals surface area contributed by atoms with Gasteiger partial charge in [-0.25, -0.2) is 0 Å². The second kappa shape index (κ2) is 12.6. The van der Waals surface area contributed by atoms with E-state index in [9.17, 15) is 14.7 Å². The van der Waals surface area contributed by atoms with Crippen LogP contribution in [0, 0.1) is 35.0 Å². The van der Waals surface area contributed by atoms with Crippen LogP contribution < -0.4 is 0 Å². The normalized spacial score (nSPS) is 33.6. The maximum absolute atomic E-state index is 13.3. The van der Waals surface area contributed by atoms with Crippen molar-refractivity contribution in [2.75, 3.05) is 0 Å². The third-order valence-corrected chi connectivity index (χ3v) is 9.22. The van der Waals surface area contributed by atoms with Crippen molar-refractivity contribution < 1.29 is 24.2 Å². The molecule has 1 aromatic carbocycles. The monoisotopic (exact) mass is 522 g/mol. The summed E-state index contributed by atoms with van der Waals surface area (Å²) in [7, 11) is 0. The Morgan fingerprint density at radius 1 is 1.13 bits per heavy atom. The highest BCUT2D eigenvalue weighted by atomic mass is 16.6. The molecule has 1 saturated heterocycles. The van der Waals surface area contributed by atoms with Gasteiger partial charge < -0.3 is 14.6 Å². The number of aliphatic hydroxyl groups is 1. The number of benzene rings is 1. The van der Waals surface area contributed by atoms with Crippen molar-refractivity contribution in [2.45, 2.75) is 97.4 Å². The van der Waals surface area contributed by atoms with E-state index in [1.54, 1.807) is 0 Å². The molecule has 0 radical (unpaired) electrons. The van der Waals surface area contributed by atoms with Gasteiger partial charge in [-0.1, -0.05) is 68.5 Å². The first-order valence-corrected chi connectivity index (χ1v) is 14.6. The fourth-order valence-electron chi connectivity index (χ4n) is 6.55. The van der Waals surface area contributed by atoms with Crippen molar-refractivity contribution >= 4 is 11.9 Å². The van der Waals surface area contributed by atoms with Gasteiger partial charge in [-0.15, -0.1) is 0 Å². The summed E-state index contributed by atoms with van der Waals surface area (Å²) >= 11 is 0. The quantitative estimate of drug-likeness (QED) is 0.298. The Bertz CT molecular complexity index is 996. The smallest absolute Gasteiger partial charge is 0.311 e. The van der Waals surface area contributed by atoms with Crippen LogP contribution in [0.3, 0.4) is 0 Å². The fraction of sp³-hybridized carbons (Fsp3) is 0.636. The zero-order valence-corrected chi connectivity index (χ0v) is 23.6. The van der Waals surface area contributed by atoms with Gasteiger partial charge in [0.05, 0.1) is 17.9 Å². The van der Waals surface area contributed by atoms with Gasteiger partial charge in [-0.2, -0.15) is 0 Å². The highest BCUT2D eigenvalue weighted by Crippen LogP contribution is 2.48. The van der Waals surface area contributed by atoms with E-state index in [1.165, 1.54) is 5.56 Å². The van der Waals surface area contributed by atoms with Crippen molar-refractivity contribution in [2.24, 2.45) is 35.0 Å². The maximum atomic E-state index is 13.3. The molecular weight excluding hydrogens is 476 g/mol. The van der Waals surface area contributed by atoms with E-state index in [0.29, 0.717) is 30.1 Å². The number of fused-ring (bicyclic) bond motifs is 1. The van der Waals surface area contributed by atoms with Gasteiger partial charge >= 0.3 is 11.9 Å². The lowest BCUT2D eigenvalue weighted by Gasteiger charge is -2.48. The zero-order valence-electron chi connectivity index (χ0n) is 23.6. The fourth-order valence-corrected chi connectivity index (χ4v) is 6.55. The summed E-state index contributed by atoms with van der Waals surface area (Å²) in [5.41, 5.74) is 0.786. The number of allylic oxidation sites excluding steroid dienone is 4. The molecule has 0 unspecified atom stereocenters. The van der Waals surface area contributed by atoms with E-state index in [4.69, 9.17) is 9.47 Å². The first-order chi connectivity index (χ1) is 18.2. The minimum Gasteiger partial charge on any atom is -0.462 e. The van der Waals surface area contributed by atoms with Crippen molar-refractivity contribution in [3.63, 3.8) is 0 Å². The Balaban J connectivity index is 1.50. The molecule has 5 nitrogen and oxygen atoms in total. The Labute approximate surface area is 228 Å². The van der Waals surface area contributed by atoms with Crippen molar-refractivity contribution in [3.8, 4) is 0 Å². The Morgan fingerprint density at radius 2 is 1.89 bits per heavy atom. The molecule has 5 heteroatoms. The van der Waals surface area contributed by atoms with E-state index in [1.807, 2.05) is 26.8 Å². The molecule has 2 fully saturated rings. The minimum absolute atomic E-state index is 0.0915. The molecular formula is C33H46O5. The van der Waals surface area contributed by atoms with Crippen LogP contribution in [0.4, 0.5) is 0 Å². The number of carbonyl (C=O) groups is 2. The molecule has 1 heterocycles. The first-order valence-electron chi connectivity index (χ1n) is 14.6. The van der Waals surface area contributed by atoms with E-state index in [-0.39, 0.29) is 36.5 Å². The number of ether oxygens (including phenoxy) is 2. The van der Waals surface area contributed by atoms with Gasteiger partial charge in [0.1, 0.15) is 12.2 Å². The Morgan fingerprint density at radius 3 is 2.61 bits per heavy atom. The number of cyclic esters (lactones) is 1. The number of aliphatic hydroxyl groups excluding tert-OH is 1. The van der Waals surface area contributed by atoms with Gasteiger partial charge in [0.15, 0.2) is 0 Å². The number of hydrogen-bond donors (Lipinski definition) is 1. The summed E-state index contributed by atoms with van der Waals surface area (Å²) < 4.78 is 11.9. The summed E-state index contributed by atoms with van der Waals surface area (Å²) in [6.07, 6.45) is 14.1. The lowest BCUT2D eigenvalue weighted by molar-refractivity contribution is -0.170. The molecule has 3 aliphatic rings. The molecule has 1 N–H and O–H groups in total. The Hall–Kier alpha value is -2.40. The topological polar surface area (TPSA) is 72.8 Å². The predicted octanol–water partition coefficient (Wildman–Crippen LogP) is 6.44. The van der Waals surface area contributed by atoms with Crippen molar-refractivity contribution in [1.29, 1.82) is 0 Å². The third-order valence-electron chi connectivity index (χ3n) is 9.22. The molecule has 1 aromatic rings. The lowest BCUT2D eigenvalue weighted by atomic mass is 9.60. The molecule has 2 aliphatic carbocycles. The molecule has 38 heavy (non-hydrogen) atoms. The first kappa shape index (κ1) is 28.6. The molecule has 0 spiro atoms. The van der Waals surface area contributed by atoms with Crippen LogP contribution in [0.25, 0.3) is 0 Å². The van der Waals surface area contributed by atoms with Gasteiger partial charge in [-0.05, 0) is 81.6 Å². The van der Waals surface area contributed by atoms with Crippen LogP contribution in [0.5, 0.6) is 0 Å². The maximum Gasteiger partial charge on any atom is 0.311 e. The number of rotatable bonds is 9. The number of esters is 2. The van der Waals surface area contributed by atoms with E-state index < -0.39 is 11.5 Å². The molecule has 0 aromatic heterocycles. The summed E-state index contributed by atoms with van der Waals surface area (Å²) in [5.74, 6) is 1.22. The van der Waals surface area contributed by atoms with Gasteiger partial charge in [0.25, 0.3) is 0 Å². The third kappa shape index (κ3) is 7.16. The van der Waals surface area contributed by atoms with Crippen LogP contribution >= 0.6 is 0 Å². The largest absolute Gasteiger partial charge is 0.462 e. The van der Waals surface area contributed by atoms with Gasteiger partial charge in [0, 0.05) is 12.3 Å². The van der Waals surface area contributed by atoms with Crippen LogP contribution in [-0.4, -0.2) is 35.4 Å². The summed E-state index contributed by atoms with van der Waals surface area (Å²) in [6, 6.07) is 10.5. The standard InChI is InChI=1S/C33H46O5/c1-5-33(3,4)32(36)38-29-19-24(13-9-12-23-10-7-6-8-11-23)18-25-15-14-22(2)28(31(25)29)17-16-27-20-26(34)21-30(35)37-27/h6-11,13-15,22,24-29,31,34H,5,12,16-21H2,1-4H3/b13-9+/t22-,24-,25-,26+,27+,28-,29-,31-/m0/s1. The highest BCUT2D eigenvalue weighted by molar-refractivity contribution is 5.76. The van der Waals surface area contributed by atoms with E-state index >= 15 is 0 Å². The molecule has 0 amide bonds. The van der Waals surface area contributed by atoms with Crippen LogP contribution in [0.15, 0.2) is 54.6 Å². The Kier molecular flexibility index (Phi) is 9.51. The lowest BCUT2D eigenvalue weighted by Crippen LogP contribution is -2.47. The van der Waals surface area contributed by atoms with Crippen molar-refractivity contribution in [1.82, 2.24) is 0 Å². The minimum atomic E-state index is -0.610.